The predicted octanol–water partition coefficient (Wildman–Crippen LogP) is 4.18. The molecule has 0 unspecified atom stereocenters. The highest BCUT2D eigenvalue weighted by Crippen LogP contribution is 2.21. The number of hydrogen-bond acceptors (Lipinski definition) is 2. The van der Waals surface area contributed by atoms with Gasteiger partial charge in [0.05, 0.1) is 7.11 Å². The fraction of sp³-hybridized carbons (Fsp3) is 0.278. The molecular weight excluding hydrogens is 267 g/mol. The molecule has 2 aromatic rings. The van der Waals surface area contributed by atoms with Gasteiger partial charge in [-0.25, -0.2) is 4.39 Å². The first-order valence-corrected chi connectivity index (χ1v) is 6.86. The fourth-order valence-corrected chi connectivity index (χ4v) is 2.59. The normalized spacial score (nSPS) is 10.5. The highest BCUT2D eigenvalue weighted by Gasteiger charge is 2.13. The molecule has 0 aliphatic rings. The third kappa shape index (κ3) is 3.30. The molecule has 0 radical (unpaired) electrons. The van der Waals surface area contributed by atoms with Crippen LogP contribution in [0.4, 0.5) is 4.39 Å². The first-order chi connectivity index (χ1) is 9.92. The first-order valence-electron chi connectivity index (χ1n) is 6.86. The van der Waals surface area contributed by atoms with Crippen LogP contribution in [0.3, 0.4) is 0 Å². The lowest BCUT2D eigenvalue weighted by Gasteiger charge is -2.11. The Bertz CT molecular complexity index is 667. The van der Waals surface area contributed by atoms with E-state index in [9.17, 15) is 9.18 Å². The molecule has 0 aromatic heterocycles. The molecule has 3 heteroatoms. The summed E-state index contributed by atoms with van der Waals surface area (Å²) in [5, 5.41) is 0. The monoisotopic (exact) mass is 286 g/mol. The second-order valence-electron chi connectivity index (χ2n) is 5.33. The van der Waals surface area contributed by atoms with Crippen LogP contribution in [0.1, 0.15) is 32.6 Å². The van der Waals surface area contributed by atoms with Crippen LogP contribution in [-0.2, 0) is 6.42 Å². The third-order valence-corrected chi connectivity index (χ3v) is 3.65. The van der Waals surface area contributed by atoms with Crippen molar-refractivity contribution in [1.82, 2.24) is 0 Å². The minimum Gasteiger partial charge on any atom is -0.494 e. The van der Waals surface area contributed by atoms with Crippen molar-refractivity contribution in [3.05, 3.63) is 64.0 Å². The van der Waals surface area contributed by atoms with Gasteiger partial charge in [-0.2, -0.15) is 0 Å². The SMILES string of the molecule is COc1ccc(C(=O)Cc2c(C)cc(C)cc2C)cc1F. The zero-order chi connectivity index (χ0) is 15.6. The molecule has 2 rings (SSSR count). The number of aryl methyl sites for hydroxylation is 3. The van der Waals surface area contributed by atoms with Crippen LogP contribution in [0.5, 0.6) is 5.75 Å². The molecule has 110 valence electrons. The number of Topliss-reactive ketones (excluding diaryl/α,β-unsaturated/α-hetero) is 1. The van der Waals surface area contributed by atoms with Gasteiger partial charge in [-0.05, 0) is 55.7 Å². The van der Waals surface area contributed by atoms with Crippen molar-refractivity contribution in [1.29, 1.82) is 0 Å². The van der Waals surface area contributed by atoms with Gasteiger partial charge >= 0.3 is 0 Å². The fourth-order valence-electron chi connectivity index (χ4n) is 2.59. The summed E-state index contributed by atoms with van der Waals surface area (Å²) >= 11 is 0. The number of halogens is 1. The molecular formula is C18H19FO2. The molecule has 0 heterocycles. The number of carbonyl (C=O) groups excluding carboxylic acids is 1. The Kier molecular flexibility index (Phi) is 4.41. The predicted molar refractivity (Wildman–Crippen MR) is 81.6 cm³/mol. The maximum Gasteiger partial charge on any atom is 0.167 e. The summed E-state index contributed by atoms with van der Waals surface area (Å²) in [7, 11) is 1.40. The second-order valence-corrected chi connectivity index (χ2v) is 5.33. The van der Waals surface area contributed by atoms with E-state index in [1.54, 1.807) is 6.07 Å². The molecule has 0 aliphatic carbocycles. The smallest absolute Gasteiger partial charge is 0.167 e. The molecule has 0 aliphatic heterocycles. The molecule has 0 bridgehead atoms. The average molecular weight is 286 g/mol. The van der Waals surface area contributed by atoms with Gasteiger partial charge in [-0.3, -0.25) is 4.79 Å². The van der Waals surface area contributed by atoms with Crippen molar-refractivity contribution in [2.45, 2.75) is 27.2 Å². The summed E-state index contributed by atoms with van der Waals surface area (Å²) in [5.74, 6) is -0.457. The van der Waals surface area contributed by atoms with Crippen LogP contribution in [0.15, 0.2) is 30.3 Å². The van der Waals surface area contributed by atoms with Gasteiger partial charge < -0.3 is 4.74 Å². The van der Waals surface area contributed by atoms with E-state index in [4.69, 9.17) is 4.74 Å². The zero-order valence-electron chi connectivity index (χ0n) is 12.8. The van der Waals surface area contributed by atoms with Crippen molar-refractivity contribution < 1.29 is 13.9 Å². The summed E-state index contributed by atoms with van der Waals surface area (Å²) < 4.78 is 18.5. The van der Waals surface area contributed by atoms with Gasteiger partial charge in [0.15, 0.2) is 17.3 Å². The Balaban J connectivity index is 2.28. The molecule has 0 spiro atoms. The number of hydrogen-bond donors (Lipinski definition) is 0. The van der Waals surface area contributed by atoms with Gasteiger partial charge in [0.2, 0.25) is 0 Å². The lowest BCUT2D eigenvalue weighted by atomic mass is 9.94. The van der Waals surface area contributed by atoms with E-state index in [-0.39, 0.29) is 18.0 Å². The minimum absolute atomic E-state index is 0.0911. The lowest BCUT2D eigenvalue weighted by Crippen LogP contribution is -2.07. The quantitative estimate of drug-likeness (QED) is 0.788. The van der Waals surface area contributed by atoms with Crippen LogP contribution in [0, 0.1) is 26.6 Å². The molecule has 0 amide bonds. The standard InChI is InChI=1S/C18H19FO2/c1-11-7-12(2)15(13(3)8-11)10-17(20)14-5-6-18(21-4)16(19)9-14/h5-9H,10H2,1-4H3. The van der Waals surface area contributed by atoms with E-state index in [2.05, 4.69) is 12.1 Å². The summed E-state index contributed by atoms with van der Waals surface area (Å²) in [6.45, 7) is 6.03. The van der Waals surface area contributed by atoms with Gasteiger partial charge in [0.25, 0.3) is 0 Å². The average Bonchev–Trinajstić information content (AvgIpc) is 2.42. The van der Waals surface area contributed by atoms with Crippen molar-refractivity contribution in [3.63, 3.8) is 0 Å². The number of carbonyl (C=O) groups is 1. The number of ether oxygens (including phenoxy) is 1. The molecule has 0 atom stereocenters. The Hall–Kier alpha value is -2.16. The van der Waals surface area contributed by atoms with Crippen molar-refractivity contribution >= 4 is 5.78 Å². The van der Waals surface area contributed by atoms with Crippen LogP contribution in [0.2, 0.25) is 0 Å². The van der Waals surface area contributed by atoms with Crippen LogP contribution >= 0.6 is 0 Å². The molecule has 0 fully saturated rings. The molecule has 0 saturated carbocycles. The van der Waals surface area contributed by atoms with E-state index in [0.717, 1.165) is 16.7 Å². The Labute approximate surface area is 124 Å². The summed E-state index contributed by atoms with van der Waals surface area (Å²) in [5.41, 5.74) is 4.75. The molecule has 2 aromatic carbocycles. The Morgan fingerprint density at radius 1 is 1.10 bits per heavy atom. The highest BCUT2D eigenvalue weighted by atomic mass is 19.1. The Morgan fingerprint density at radius 3 is 2.24 bits per heavy atom. The van der Waals surface area contributed by atoms with Crippen molar-refractivity contribution in [2.75, 3.05) is 7.11 Å². The number of methoxy groups -OCH3 is 1. The van der Waals surface area contributed by atoms with Crippen LogP contribution < -0.4 is 4.74 Å². The van der Waals surface area contributed by atoms with Gasteiger partial charge in [-0.15, -0.1) is 0 Å². The second kappa shape index (κ2) is 6.08. The maximum atomic E-state index is 13.7. The number of benzene rings is 2. The topological polar surface area (TPSA) is 26.3 Å². The van der Waals surface area contributed by atoms with Gasteiger partial charge in [-0.1, -0.05) is 17.7 Å². The van der Waals surface area contributed by atoms with Gasteiger partial charge in [0, 0.05) is 12.0 Å². The zero-order valence-corrected chi connectivity index (χ0v) is 12.8. The maximum absolute atomic E-state index is 13.7. The summed E-state index contributed by atoms with van der Waals surface area (Å²) in [6.07, 6.45) is 0.281. The number of rotatable bonds is 4. The molecule has 2 nitrogen and oxygen atoms in total. The van der Waals surface area contributed by atoms with E-state index in [1.165, 1.54) is 24.8 Å². The van der Waals surface area contributed by atoms with E-state index < -0.39 is 5.82 Å². The molecule has 21 heavy (non-hydrogen) atoms. The summed E-state index contributed by atoms with van der Waals surface area (Å²) in [6, 6.07) is 8.44. The van der Waals surface area contributed by atoms with Crippen LogP contribution in [0.25, 0.3) is 0 Å². The van der Waals surface area contributed by atoms with Crippen molar-refractivity contribution in [2.24, 2.45) is 0 Å². The molecule has 0 N–H and O–H groups in total. The minimum atomic E-state index is -0.513. The number of ketones is 1. The van der Waals surface area contributed by atoms with Crippen LogP contribution in [-0.4, -0.2) is 12.9 Å². The summed E-state index contributed by atoms with van der Waals surface area (Å²) in [4.78, 5) is 12.3. The lowest BCUT2D eigenvalue weighted by molar-refractivity contribution is 0.0992. The van der Waals surface area contributed by atoms with E-state index in [0.29, 0.717) is 5.56 Å². The van der Waals surface area contributed by atoms with Crippen molar-refractivity contribution in [3.8, 4) is 5.75 Å². The highest BCUT2D eigenvalue weighted by molar-refractivity contribution is 5.98. The Morgan fingerprint density at radius 2 is 1.71 bits per heavy atom. The molecule has 0 saturated heterocycles. The first kappa shape index (κ1) is 15.2. The third-order valence-electron chi connectivity index (χ3n) is 3.65. The van der Waals surface area contributed by atoms with Gasteiger partial charge in [0.1, 0.15) is 0 Å². The van der Waals surface area contributed by atoms with E-state index in [1.807, 2.05) is 20.8 Å². The van der Waals surface area contributed by atoms with E-state index >= 15 is 0 Å². The largest absolute Gasteiger partial charge is 0.494 e.